The van der Waals surface area contributed by atoms with Crippen LogP contribution in [0.3, 0.4) is 0 Å². The maximum absolute atomic E-state index is 13.4. The molecule has 3 aromatic rings. The lowest BCUT2D eigenvalue weighted by atomic mass is 10.1. The molecule has 0 aliphatic rings. The summed E-state index contributed by atoms with van der Waals surface area (Å²) in [7, 11) is 0. The summed E-state index contributed by atoms with van der Waals surface area (Å²) in [5.74, 6) is -0.980. The fraction of sp³-hybridized carbons (Fsp3) is 0.111. The molecule has 132 valence electrons. The molecule has 0 aliphatic carbocycles. The van der Waals surface area contributed by atoms with Crippen molar-refractivity contribution in [3.05, 3.63) is 72.6 Å². The van der Waals surface area contributed by atoms with Crippen molar-refractivity contribution in [1.29, 1.82) is 0 Å². The molecule has 3 rings (SSSR count). The SMILES string of the molecule is C/C(=N\NC(=O)COc1ccccc1F)c1ccc(-n2cncn2)cc1. The lowest BCUT2D eigenvalue weighted by molar-refractivity contribution is -0.123. The van der Waals surface area contributed by atoms with Crippen LogP contribution in [0.15, 0.2) is 66.3 Å². The van der Waals surface area contributed by atoms with Gasteiger partial charge in [-0.3, -0.25) is 4.79 Å². The smallest absolute Gasteiger partial charge is 0.277 e. The van der Waals surface area contributed by atoms with Crippen LogP contribution in [0.5, 0.6) is 5.75 Å². The van der Waals surface area contributed by atoms with Crippen molar-refractivity contribution in [2.45, 2.75) is 6.92 Å². The Kier molecular flexibility index (Phi) is 5.33. The maximum atomic E-state index is 13.4. The molecular formula is C18H16FN5O2. The summed E-state index contributed by atoms with van der Waals surface area (Å²) in [4.78, 5) is 15.7. The highest BCUT2D eigenvalue weighted by Gasteiger charge is 2.06. The Morgan fingerprint density at radius 2 is 2.00 bits per heavy atom. The van der Waals surface area contributed by atoms with Gasteiger partial charge in [-0.05, 0) is 36.8 Å². The number of aromatic nitrogens is 3. The van der Waals surface area contributed by atoms with Crippen molar-refractivity contribution in [2.24, 2.45) is 5.10 Å². The number of carbonyl (C=O) groups excluding carboxylic acids is 1. The number of para-hydroxylation sites is 1. The molecule has 8 heteroatoms. The van der Waals surface area contributed by atoms with Gasteiger partial charge in [0.15, 0.2) is 18.2 Å². The fourth-order valence-electron chi connectivity index (χ4n) is 2.15. The maximum Gasteiger partial charge on any atom is 0.277 e. The molecule has 7 nitrogen and oxygen atoms in total. The number of hydrogen-bond donors (Lipinski definition) is 1. The Balaban J connectivity index is 1.56. The van der Waals surface area contributed by atoms with E-state index in [0.29, 0.717) is 5.71 Å². The molecule has 0 saturated carbocycles. The zero-order chi connectivity index (χ0) is 18.4. The highest BCUT2D eigenvalue weighted by atomic mass is 19.1. The normalized spacial score (nSPS) is 11.2. The number of halogens is 1. The molecule has 2 aromatic carbocycles. The molecule has 0 bridgehead atoms. The van der Waals surface area contributed by atoms with Gasteiger partial charge < -0.3 is 4.74 Å². The van der Waals surface area contributed by atoms with Crippen molar-refractivity contribution in [3.8, 4) is 11.4 Å². The van der Waals surface area contributed by atoms with E-state index in [2.05, 4.69) is 20.6 Å². The summed E-state index contributed by atoms with van der Waals surface area (Å²) in [5, 5.41) is 8.08. The summed E-state index contributed by atoms with van der Waals surface area (Å²) < 4.78 is 20.2. The van der Waals surface area contributed by atoms with E-state index in [1.54, 1.807) is 30.1 Å². The van der Waals surface area contributed by atoms with Crippen LogP contribution in [0, 0.1) is 5.82 Å². The van der Waals surface area contributed by atoms with Crippen molar-refractivity contribution in [2.75, 3.05) is 6.61 Å². The highest BCUT2D eigenvalue weighted by Crippen LogP contribution is 2.15. The fourth-order valence-corrected chi connectivity index (χ4v) is 2.15. The van der Waals surface area contributed by atoms with Crippen LogP contribution >= 0.6 is 0 Å². The van der Waals surface area contributed by atoms with Crippen LogP contribution in [-0.2, 0) is 4.79 Å². The molecule has 1 amide bonds. The van der Waals surface area contributed by atoms with E-state index in [9.17, 15) is 9.18 Å². The highest BCUT2D eigenvalue weighted by molar-refractivity contribution is 5.99. The van der Waals surface area contributed by atoms with Crippen LogP contribution in [-0.4, -0.2) is 33.0 Å². The molecule has 0 fully saturated rings. The van der Waals surface area contributed by atoms with Gasteiger partial charge >= 0.3 is 0 Å². The van der Waals surface area contributed by atoms with Crippen molar-refractivity contribution < 1.29 is 13.9 Å². The Morgan fingerprint density at radius 3 is 2.69 bits per heavy atom. The van der Waals surface area contributed by atoms with Gasteiger partial charge in [0.25, 0.3) is 5.91 Å². The molecule has 0 unspecified atom stereocenters. The minimum Gasteiger partial charge on any atom is -0.481 e. The molecule has 1 aromatic heterocycles. The zero-order valence-corrected chi connectivity index (χ0v) is 14.0. The number of nitrogens with zero attached hydrogens (tertiary/aromatic N) is 4. The van der Waals surface area contributed by atoms with E-state index in [-0.39, 0.29) is 12.4 Å². The second-order valence-corrected chi connectivity index (χ2v) is 5.34. The van der Waals surface area contributed by atoms with Crippen molar-refractivity contribution in [3.63, 3.8) is 0 Å². The lowest BCUT2D eigenvalue weighted by Gasteiger charge is -2.07. The predicted octanol–water partition coefficient (Wildman–Crippen LogP) is 2.33. The topological polar surface area (TPSA) is 81.4 Å². The van der Waals surface area contributed by atoms with E-state index in [0.717, 1.165) is 11.3 Å². The van der Waals surface area contributed by atoms with Gasteiger partial charge in [0.1, 0.15) is 12.7 Å². The van der Waals surface area contributed by atoms with Gasteiger partial charge in [-0.2, -0.15) is 10.2 Å². The van der Waals surface area contributed by atoms with Crippen LogP contribution in [0.4, 0.5) is 4.39 Å². The van der Waals surface area contributed by atoms with Crippen LogP contribution < -0.4 is 10.2 Å². The third-order valence-electron chi connectivity index (χ3n) is 3.51. The molecule has 0 aliphatic heterocycles. The predicted molar refractivity (Wildman–Crippen MR) is 93.6 cm³/mol. The Hall–Kier alpha value is -3.55. The number of rotatable bonds is 6. The van der Waals surface area contributed by atoms with Crippen LogP contribution in [0.1, 0.15) is 12.5 Å². The van der Waals surface area contributed by atoms with E-state index < -0.39 is 11.7 Å². The molecule has 26 heavy (non-hydrogen) atoms. The monoisotopic (exact) mass is 353 g/mol. The number of hydrogen-bond acceptors (Lipinski definition) is 5. The second-order valence-electron chi connectivity index (χ2n) is 5.34. The third-order valence-corrected chi connectivity index (χ3v) is 3.51. The molecular weight excluding hydrogens is 337 g/mol. The van der Waals surface area contributed by atoms with Crippen LogP contribution in [0.2, 0.25) is 0 Å². The first-order valence-corrected chi connectivity index (χ1v) is 7.79. The van der Waals surface area contributed by atoms with Gasteiger partial charge in [0, 0.05) is 0 Å². The first-order valence-electron chi connectivity index (χ1n) is 7.79. The average Bonchev–Trinajstić information content (AvgIpc) is 3.20. The molecule has 0 radical (unpaired) electrons. The summed E-state index contributed by atoms with van der Waals surface area (Å²) >= 11 is 0. The van der Waals surface area contributed by atoms with Crippen molar-refractivity contribution in [1.82, 2.24) is 20.2 Å². The molecule has 1 N–H and O–H groups in total. The van der Waals surface area contributed by atoms with Gasteiger partial charge in [-0.15, -0.1) is 0 Å². The largest absolute Gasteiger partial charge is 0.481 e. The first-order chi connectivity index (χ1) is 12.6. The first kappa shape index (κ1) is 17.3. The number of ether oxygens (including phenoxy) is 1. The summed E-state index contributed by atoms with van der Waals surface area (Å²) in [6.07, 6.45) is 3.06. The lowest BCUT2D eigenvalue weighted by Crippen LogP contribution is -2.25. The van der Waals surface area contributed by atoms with E-state index in [4.69, 9.17) is 4.74 Å². The van der Waals surface area contributed by atoms with Gasteiger partial charge in [0.2, 0.25) is 0 Å². The molecule has 0 spiro atoms. The van der Waals surface area contributed by atoms with E-state index in [1.165, 1.54) is 18.5 Å². The summed E-state index contributed by atoms with van der Waals surface area (Å²) in [5.41, 5.74) is 4.71. The number of carbonyl (C=O) groups is 1. The number of amides is 1. The van der Waals surface area contributed by atoms with Crippen LogP contribution in [0.25, 0.3) is 5.69 Å². The molecule has 1 heterocycles. The molecule has 0 saturated heterocycles. The standard InChI is InChI=1S/C18H16FN5O2/c1-13(14-6-8-15(9-7-14)24-12-20-11-21-24)22-23-18(25)10-26-17-5-3-2-4-16(17)19/h2-9,11-12H,10H2,1H3,(H,23,25)/b22-13+. The van der Waals surface area contributed by atoms with Gasteiger partial charge in [-0.25, -0.2) is 19.5 Å². The van der Waals surface area contributed by atoms with Gasteiger partial charge in [-0.1, -0.05) is 24.3 Å². The summed E-state index contributed by atoms with van der Waals surface area (Å²) in [6, 6.07) is 13.3. The number of hydrazone groups is 1. The number of nitrogens with one attached hydrogen (secondary N) is 1. The van der Waals surface area contributed by atoms with E-state index in [1.807, 2.05) is 24.3 Å². The molecule has 0 atom stereocenters. The third kappa shape index (κ3) is 4.29. The minimum absolute atomic E-state index is 0.0204. The summed E-state index contributed by atoms with van der Waals surface area (Å²) in [6.45, 7) is 1.44. The quantitative estimate of drug-likeness (QED) is 0.545. The van der Waals surface area contributed by atoms with Crippen molar-refractivity contribution >= 4 is 11.6 Å². The minimum atomic E-state index is -0.521. The average molecular weight is 353 g/mol. The Labute approximate surface area is 149 Å². The second kappa shape index (κ2) is 8.02. The van der Waals surface area contributed by atoms with E-state index >= 15 is 0 Å². The number of benzene rings is 2. The Morgan fingerprint density at radius 1 is 1.23 bits per heavy atom. The van der Waals surface area contributed by atoms with Gasteiger partial charge in [0.05, 0.1) is 11.4 Å². The Bertz CT molecular complexity index is 908. The zero-order valence-electron chi connectivity index (χ0n) is 14.0.